The Morgan fingerprint density at radius 3 is 2.35 bits per heavy atom. The number of aromatic nitrogens is 1. The summed E-state index contributed by atoms with van der Waals surface area (Å²) in [6.07, 6.45) is 0.548. The van der Waals surface area contributed by atoms with E-state index >= 15 is 0 Å². The van der Waals surface area contributed by atoms with Gasteiger partial charge >= 0.3 is 0 Å². The lowest BCUT2D eigenvalue weighted by atomic mass is 9.88. The van der Waals surface area contributed by atoms with Crippen LogP contribution in [0.3, 0.4) is 0 Å². The van der Waals surface area contributed by atoms with Gasteiger partial charge in [0.2, 0.25) is 0 Å². The molecule has 194 valence electrons. The molecule has 0 saturated heterocycles. The van der Waals surface area contributed by atoms with Crippen molar-refractivity contribution in [3.63, 3.8) is 0 Å². The molecule has 1 aliphatic rings. The van der Waals surface area contributed by atoms with E-state index in [1.165, 1.54) is 13.1 Å². The highest BCUT2D eigenvalue weighted by Crippen LogP contribution is 2.48. The van der Waals surface area contributed by atoms with Crippen LogP contribution >= 0.6 is 23.2 Å². The first kappa shape index (κ1) is 27.2. The molecule has 0 aliphatic carbocycles. The Kier molecular flexibility index (Phi) is 8.31. The molecule has 3 atom stereocenters. The van der Waals surface area contributed by atoms with E-state index in [0.717, 1.165) is 10.5 Å². The molecule has 9 heteroatoms. The molecule has 3 aromatic rings. The van der Waals surface area contributed by atoms with Crippen molar-refractivity contribution in [2.45, 2.75) is 38.5 Å². The maximum absolute atomic E-state index is 13.8. The molecule has 0 spiro atoms. The van der Waals surface area contributed by atoms with Crippen molar-refractivity contribution in [1.82, 2.24) is 9.88 Å². The third-order valence-corrected chi connectivity index (χ3v) is 6.93. The van der Waals surface area contributed by atoms with Crippen LogP contribution in [0.4, 0.5) is 0 Å². The molecule has 0 bridgehead atoms. The number of imide groups is 1. The second kappa shape index (κ2) is 11.3. The van der Waals surface area contributed by atoms with E-state index in [1.807, 2.05) is 25.1 Å². The SMILES string of the molecule is CC(CO)CCO[C@]1(Cc2ccc(Cl)cn2)c2c(cccc2-c2ccc(Cl)cc2)C(=O)N1C(=O)C(C)O. The number of rotatable bonds is 9. The number of aliphatic hydroxyl groups is 2. The second-order valence-electron chi connectivity index (χ2n) is 9.24. The van der Waals surface area contributed by atoms with Crippen molar-refractivity contribution in [3.05, 3.63) is 87.7 Å². The number of ether oxygens (including phenoxy) is 1. The van der Waals surface area contributed by atoms with Crippen LogP contribution in [0.5, 0.6) is 0 Å². The smallest absolute Gasteiger partial charge is 0.263 e. The van der Waals surface area contributed by atoms with E-state index in [0.29, 0.717) is 38.9 Å². The monoisotopic (exact) mass is 542 g/mol. The number of hydrogen-bond acceptors (Lipinski definition) is 6. The highest BCUT2D eigenvalue weighted by Gasteiger charge is 2.56. The lowest BCUT2D eigenvalue weighted by Crippen LogP contribution is -2.54. The predicted molar refractivity (Wildman–Crippen MR) is 141 cm³/mol. The lowest BCUT2D eigenvalue weighted by molar-refractivity contribution is -0.173. The standard InChI is InChI=1S/C28H28Cl2N2O5/c1-17(16-33)12-13-37-28(14-22-11-10-21(30)15-31-22)25-23(19-6-8-20(29)9-7-19)4-3-5-24(25)27(36)32(28)26(35)18(2)34/h3-11,15,17-18,33-34H,12-14,16H2,1-2H3/t17?,18?,28-/m1/s1. The Balaban J connectivity index is 1.96. The number of nitrogens with zero attached hydrogens (tertiary/aromatic N) is 2. The summed E-state index contributed by atoms with van der Waals surface area (Å²) in [5, 5.41) is 20.8. The molecular weight excluding hydrogens is 515 g/mol. The fraction of sp³-hybridized carbons (Fsp3) is 0.321. The Labute approximate surface area is 225 Å². The molecule has 7 nitrogen and oxygen atoms in total. The molecule has 1 aromatic heterocycles. The molecule has 2 amide bonds. The van der Waals surface area contributed by atoms with Crippen molar-refractivity contribution in [1.29, 1.82) is 0 Å². The van der Waals surface area contributed by atoms with E-state index in [-0.39, 0.29) is 25.6 Å². The number of hydrogen-bond donors (Lipinski definition) is 2. The van der Waals surface area contributed by atoms with Crippen LogP contribution in [0.1, 0.15) is 41.9 Å². The minimum Gasteiger partial charge on any atom is -0.396 e. The second-order valence-corrected chi connectivity index (χ2v) is 10.1. The van der Waals surface area contributed by atoms with Crippen molar-refractivity contribution < 1.29 is 24.5 Å². The number of pyridine rings is 1. The fourth-order valence-electron chi connectivity index (χ4n) is 4.51. The average Bonchev–Trinajstić information content (AvgIpc) is 3.13. The highest BCUT2D eigenvalue weighted by molar-refractivity contribution is 6.30. The normalized spacial score (nSPS) is 18.5. The van der Waals surface area contributed by atoms with Gasteiger partial charge in [-0.1, -0.05) is 54.4 Å². The molecule has 2 aromatic carbocycles. The predicted octanol–water partition coefficient (Wildman–Crippen LogP) is 4.85. The van der Waals surface area contributed by atoms with E-state index in [2.05, 4.69) is 4.98 Å². The first-order chi connectivity index (χ1) is 17.7. The maximum Gasteiger partial charge on any atom is 0.263 e. The molecule has 1 aliphatic heterocycles. The van der Waals surface area contributed by atoms with Gasteiger partial charge in [-0.2, -0.15) is 0 Å². The van der Waals surface area contributed by atoms with Crippen LogP contribution in [0.15, 0.2) is 60.8 Å². The quantitative estimate of drug-likeness (QED) is 0.401. The molecule has 2 heterocycles. The van der Waals surface area contributed by atoms with Gasteiger partial charge in [0.15, 0.2) is 5.72 Å². The minimum atomic E-state index is -1.60. The van der Waals surface area contributed by atoms with Crippen LogP contribution in [-0.4, -0.2) is 51.2 Å². The number of fused-ring (bicyclic) bond motifs is 1. The van der Waals surface area contributed by atoms with Gasteiger partial charge in [0.1, 0.15) is 6.10 Å². The Morgan fingerprint density at radius 1 is 1.05 bits per heavy atom. The zero-order valence-corrected chi connectivity index (χ0v) is 22.0. The topological polar surface area (TPSA) is 100.0 Å². The molecule has 2 N–H and O–H groups in total. The molecule has 0 saturated carbocycles. The van der Waals surface area contributed by atoms with Gasteiger partial charge in [-0.25, -0.2) is 4.90 Å². The summed E-state index contributed by atoms with van der Waals surface area (Å²) in [6, 6.07) is 15.8. The number of halogens is 2. The Morgan fingerprint density at radius 2 is 1.73 bits per heavy atom. The first-order valence-corrected chi connectivity index (χ1v) is 12.7. The number of aliphatic hydroxyl groups excluding tert-OH is 2. The molecule has 4 rings (SSSR count). The van der Waals surface area contributed by atoms with Gasteiger partial charge in [-0.05, 0) is 60.7 Å². The third kappa shape index (κ3) is 5.42. The molecule has 2 unspecified atom stereocenters. The number of benzene rings is 2. The van der Waals surface area contributed by atoms with Crippen LogP contribution in [0, 0.1) is 5.92 Å². The summed E-state index contributed by atoms with van der Waals surface area (Å²) in [7, 11) is 0. The van der Waals surface area contributed by atoms with E-state index in [9.17, 15) is 19.8 Å². The number of carbonyl (C=O) groups excluding carboxylic acids is 2. The van der Waals surface area contributed by atoms with Crippen LogP contribution in [0.25, 0.3) is 11.1 Å². The van der Waals surface area contributed by atoms with Crippen molar-refractivity contribution in [3.8, 4) is 11.1 Å². The average molecular weight is 543 g/mol. The zero-order chi connectivity index (χ0) is 26.7. The highest BCUT2D eigenvalue weighted by atomic mass is 35.5. The lowest BCUT2D eigenvalue weighted by Gasteiger charge is -2.39. The first-order valence-electron chi connectivity index (χ1n) is 12.0. The summed E-state index contributed by atoms with van der Waals surface area (Å²) < 4.78 is 6.53. The number of carbonyl (C=O) groups is 2. The summed E-state index contributed by atoms with van der Waals surface area (Å²) in [4.78, 5) is 32.6. The summed E-state index contributed by atoms with van der Waals surface area (Å²) in [5.74, 6) is -1.41. The fourth-order valence-corrected chi connectivity index (χ4v) is 4.75. The summed E-state index contributed by atoms with van der Waals surface area (Å²) in [6.45, 7) is 3.30. The van der Waals surface area contributed by atoms with Crippen molar-refractivity contribution in [2.75, 3.05) is 13.2 Å². The minimum absolute atomic E-state index is 0.0273. The van der Waals surface area contributed by atoms with Crippen LogP contribution in [-0.2, 0) is 21.7 Å². The largest absolute Gasteiger partial charge is 0.396 e. The molecule has 37 heavy (non-hydrogen) atoms. The van der Waals surface area contributed by atoms with Gasteiger partial charge < -0.3 is 14.9 Å². The van der Waals surface area contributed by atoms with Crippen LogP contribution < -0.4 is 0 Å². The van der Waals surface area contributed by atoms with Gasteiger partial charge in [0.25, 0.3) is 11.8 Å². The van der Waals surface area contributed by atoms with Crippen molar-refractivity contribution >= 4 is 35.0 Å². The third-order valence-electron chi connectivity index (χ3n) is 6.46. The zero-order valence-electron chi connectivity index (χ0n) is 20.5. The van der Waals surface area contributed by atoms with E-state index in [4.69, 9.17) is 27.9 Å². The summed E-state index contributed by atoms with van der Waals surface area (Å²) in [5.41, 5.74) is 1.20. The molecular formula is C28H28Cl2N2O5. The van der Waals surface area contributed by atoms with Gasteiger partial charge in [-0.3, -0.25) is 14.6 Å². The van der Waals surface area contributed by atoms with Crippen molar-refractivity contribution in [2.24, 2.45) is 5.92 Å². The Bertz CT molecular complexity index is 1280. The molecule has 0 radical (unpaired) electrons. The van der Waals surface area contributed by atoms with Crippen LogP contribution in [0.2, 0.25) is 10.0 Å². The molecule has 0 fully saturated rings. The summed E-state index contributed by atoms with van der Waals surface area (Å²) >= 11 is 12.2. The number of amides is 2. The van der Waals surface area contributed by atoms with Gasteiger partial charge in [0.05, 0.1) is 11.6 Å². The Hall–Kier alpha value is -2.81. The van der Waals surface area contributed by atoms with Gasteiger partial charge in [-0.15, -0.1) is 0 Å². The van der Waals surface area contributed by atoms with E-state index < -0.39 is 23.6 Å². The van der Waals surface area contributed by atoms with E-state index in [1.54, 1.807) is 36.4 Å². The maximum atomic E-state index is 13.8. The van der Waals surface area contributed by atoms with Gasteiger partial charge in [0, 0.05) is 41.1 Å².